The Morgan fingerprint density at radius 1 is 1.47 bits per heavy atom. The molecule has 0 amide bonds. The van der Waals surface area contributed by atoms with Gasteiger partial charge in [-0.15, -0.1) is 12.3 Å². The monoisotopic (exact) mass is 232 g/mol. The highest BCUT2D eigenvalue weighted by Gasteiger charge is 2.28. The van der Waals surface area contributed by atoms with Gasteiger partial charge in [0, 0.05) is 6.42 Å². The minimum absolute atomic E-state index is 0.162. The van der Waals surface area contributed by atoms with Crippen LogP contribution in [0.3, 0.4) is 0 Å². The van der Waals surface area contributed by atoms with E-state index in [-0.39, 0.29) is 13.0 Å². The second-order valence-electron chi connectivity index (χ2n) is 3.62. The Bertz CT molecular complexity index is 392. The average molecular weight is 232 g/mol. The largest absolute Gasteiger partial charge is 0.466 e. The van der Waals surface area contributed by atoms with E-state index in [1.54, 1.807) is 31.2 Å². The van der Waals surface area contributed by atoms with Gasteiger partial charge in [-0.3, -0.25) is 4.79 Å². The van der Waals surface area contributed by atoms with Crippen LogP contribution in [0.1, 0.15) is 25.0 Å². The van der Waals surface area contributed by atoms with E-state index in [0.717, 1.165) is 0 Å². The quantitative estimate of drug-likeness (QED) is 0.623. The minimum atomic E-state index is -0.925. The summed E-state index contributed by atoms with van der Waals surface area (Å²) in [5.41, 5.74) is 0.667. The molecule has 1 N–H and O–H groups in total. The highest BCUT2D eigenvalue weighted by Crippen LogP contribution is 2.25. The first-order valence-corrected chi connectivity index (χ1v) is 5.53. The third-order valence-corrected chi connectivity index (χ3v) is 2.45. The van der Waals surface area contributed by atoms with Crippen molar-refractivity contribution in [2.45, 2.75) is 19.4 Å². The molecular formula is C14H16O3. The number of esters is 1. The molecule has 3 heteroatoms. The molecule has 1 aromatic carbocycles. The van der Waals surface area contributed by atoms with Gasteiger partial charge in [-0.25, -0.2) is 0 Å². The second kappa shape index (κ2) is 6.72. The first-order valence-electron chi connectivity index (χ1n) is 5.53. The van der Waals surface area contributed by atoms with Crippen LogP contribution in [-0.2, 0) is 9.53 Å². The normalized spacial score (nSPS) is 13.5. The van der Waals surface area contributed by atoms with Crippen molar-refractivity contribution in [3.05, 3.63) is 35.9 Å². The van der Waals surface area contributed by atoms with E-state index in [0.29, 0.717) is 5.56 Å². The Labute approximate surface area is 101 Å². The summed E-state index contributed by atoms with van der Waals surface area (Å²) in [7, 11) is 0. The molecular weight excluding hydrogens is 216 g/mol. The number of ether oxygens (including phenoxy) is 1. The predicted molar refractivity (Wildman–Crippen MR) is 65.0 cm³/mol. The van der Waals surface area contributed by atoms with Gasteiger partial charge < -0.3 is 9.84 Å². The van der Waals surface area contributed by atoms with Crippen LogP contribution in [0.4, 0.5) is 0 Å². The maximum atomic E-state index is 11.7. The molecule has 0 saturated carbocycles. The van der Waals surface area contributed by atoms with E-state index in [9.17, 15) is 9.90 Å². The summed E-state index contributed by atoms with van der Waals surface area (Å²) < 4.78 is 4.90. The number of hydrogen-bond acceptors (Lipinski definition) is 3. The number of carbonyl (C=O) groups is 1. The molecule has 0 unspecified atom stereocenters. The van der Waals surface area contributed by atoms with Crippen LogP contribution in [0.25, 0.3) is 0 Å². The van der Waals surface area contributed by atoms with Crippen LogP contribution in [-0.4, -0.2) is 17.7 Å². The summed E-state index contributed by atoms with van der Waals surface area (Å²) in [5, 5.41) is 10.1. The van der Waals surface area contributed by atoms with E-state index in [4.69, 9.17) is 11.2 Å². The molecule has 3 nitrogen and oxygen atoms in total. The van der Waals surface area contributed by atoms with Crippen LogP contribution in [0, 0.1) is 18.3 Å². The van der Waals surface area contributed by atoms with E-state index in [1.165, 1.54) is 0 Å². The molecule has 0 aliphatic carbocycles. The topological polar surface area (TPSA) is 46.5 Å². The van der Waals surface area contributed by atoms with Crippen molar-refractivity contribution in [3.8, 4) is 12.3 Å². The zero-order valence-corrected chi connectivity index (χ0v) is 9.80. The maximum Gasteiger partial charge on any atom is 0.312 e. The Kier molecular flexibility index (Phi) is 5.25. The number of terminal acetylenes is 1. The van der Waals surface area contributed by atoms with E-state index in [2.05, 4.69) is 5.92 Å². The Morgan fingerprint density at radius 2 is 2.12 bits per heavy atom. The van der Waals surface area contributed by atoms with Crippen molar-refractivity contribution in [1.82, 2.24) is 0 Å². The van der Waals surface area contributed by atoms with E-state index in [1.807, 2.05) is 6.07 Å². The molecule has 0 aliphatic rings. The van der Waals surface area contributed by atoms with E-state index < -0.39 is 18.0 Å². The van der Waals surface area contributed by atoms with Gasteiger partial charge in [-0.2, -0.15) is 0 Å². The van der Waals surface area contributed by atoms with Crippen LogP contribution < -0.4 is 0 Å². The van der Waals surface area contributed by atoms with Crippen molar-refractivity contribution < 1.29 is 14.6 Å². The molecule has 1 rings (SSSR count). The summed E-state index contributed by atoms with van der Waals surface area (Å²) >= 11 is 0. The summed E-state index contributed by atoms with van der Waals surface area (Å²) in [5.74, 6) is 1.23. The molecule has 1 aromatic rings. The number of rotatable bonds is 5. The summed E-state index contributed by atoms with van der Waals surface area (Å²) in [6.07, 6.45) is 4.45. The van der Waals surface area contributed by atoms with Gasteiger partial charge >= 0.3 is 5.97 Å². The standard InChI is InChI=1S/C14H16O3/c1-3-8-12(14(16)17-4-2)13(15)11-9-6-5-7-10-11/h1,5-7,9-10,12-13,15H,4,8H2,2H3/t12-,13-/m0/s1. The fourth-order valence-electron chi connectivity index (χ4n) is 1.58. The molecule has 0 saturated heterocycles. The number of benzene rings is 1. The van der Waals surface area contributed by atoms with Crippen molar-refractivity contribution in [3.63, 3.8) is 0 Å². The lowest BCUT2D eigenvalue weighted by molar-refractivity contribution is -0.152. The third-order valence-electron chi connectivity index (χ3n) is 2.45. The molecule has 90 valence electrons. The number of aliphatic hydroxyl groups is 1. The Balaban J connectivity index is 2.84. The molecule has 0 aromatic heterocycles. The van der Waals surface area contributed by atoms with Gasteiger partial charge in [0.25, 0.3) is 0 Å². The van der Waals surface area contributed by atoms with Crippen molar-refractivity contribution in [1.29, 1.82) is 0 Å². The van der Waals surface area contributed by atoms with Crippen molar-refractivity contribution >= 4 is 5.97 Å². The molecule has 2 atom stereocenters. The molecule has 0 heterocycles. The van der Waals surface area contributed by atoms with Gasteiger partial charge in [-0.1, -0.05) is 30.3 Å². The zero-order valence-electron chi connectivity index (χ0n) is 9.80. The zero-order chi connectivity index (χ0) is 12.7. The minimum Gasteiger partial charge on any atom is -0.466 e. The number of aliphatic hydroxyl groups excluding tert-OH is 1. The fraction of sp³-hybridized carbons (Fsp3) is 0.357. The van der Waals surface area contributed by atoms with Gasteiger partial charge in [0.05, 0.1) is 18.6 Å². The summed E-state index contributed by atoms with van der Waals surface area (Å²) in [6, 6.07) is 8.96. The van der Waals surface area contributed by atoms with Crippen molar-refractivity contribution in [2.75, 3.05) is 6.61 Å². The Morgan fingerprint density at radius 3 is 2.65 bits per heavy atom. The first kappa shape index (κ1) is 13.3. The number of hydrogen-bond donors (Lipinski definition) is 1. The maximum absolute atomic E-state index is 11.7. The highest BCUT2D eigenvalue weighted by atomic mass is 16.5. The molecule has 0 aliphatic heterocycles. The lowest BCUT2D eigenvalue weighted by Crippen LogP contribution is -2.24. The number of carbonyl (C=O) groups excluding carboxylic acids is 1. The lowest BCUT2D eigenvalue weighted by Gasteiger charge is -2.19. The third kappa shape index (κ3) is 3.61. The van der Waals surface area contributed by atoms with Gasteiger partial charge in [0.1, 0.15) is 0 Å². The molecule has 0 spiro atoms. The Hall–Kier alpha value is -1.79. The fourth-order valence-corrected chi connectivity index (χ4v) is 1.58. The SMILES string of the molecule is C#CC[C@H](C(=O)OCC)[C@@H](O)c1ccccc1. The highest BCUT2D eigenvalue weighted by molar-refractivity contribution is 5.73. The average Bonchev–Trinajstić information content (AvgIpc) is 2.36. The van der Waals surface area contributed by atoms with Crippen LogP contribution >= 0.6 is 0 Å². The first-order chi connectivity index (χ1) is 8.20. The molecule has 0 bridgehead atoms. The van der Waals surface area contributed by atoms with Gasteiger partial charge in [-0.05, 0) is 12.5 Å². The molecule has 17 heavy (non-hydrogen) atoms. The van der Waals surface area contributed by atoms with Crippen LogP contribution in [0.5, 0.6) is 0 Å². The van der Waals surface area contributed by atoms with Crippen LogP contribution in [0.2, 0.25) is 0 Å². The van der Waals surface area contributed by atoms with Gasteiger partial charge in [0.2, 0.25) is 0 Å². The molecule has 0 radical (unpaired) electrons. The summed E-state index contributed by atoms with van der Waals surface area (Å²) in [6.45, 7) is 2.00. The van der Waals surface area contributed by atoms with Gasteiger partial charge in [0.15, 0.2) is 0 Å². The van der Waals surface area contributed by atoms with Crippen molar-refractivity contribution in [2.24, 2.45) is 5.92 Å². The smallest absolute Gasteiger partial charge is 0.312 e. The predicted octanol–water partition coefficient (Wildman–Crippen LogP) is 1.92. The van der Waals surface area contributed by atoms with Crippen LogP contribution in [0.15, 0.2) is 30.3 Å². The molecule has 0 fully saturated rings. The van der Waals surface area contributed by atoms with E-state index >= 15 is 0 Å². The second-order valence-corrected chi connectivity index (χ2v) is 3.62. The lowest BCUT2D eigenvalue weighted by atomic mass is 9.93. The summed E-state index contributed by atoms with van der Waals surface area (Å²) in [4.78, 5) is 11.7.